The van der Waals surface area contributed by atoms with Crippen LogP contribution in [0.4, 0.5) is 0 Å². The number of aromatic nitrogens is 2. The molecule has 2 aliphatic rings. The summed E-state index contributed by atoms with van der Waals surface area (Å²) in [5.41, 5.74) is 3.74. The second-order valence-electron chi connectivity index (χ2n) is 7.37. The Morgan fingerprint density at radius 1 is 1.23 bits per heavy atom. The molecule has 1 atom stereocenters. The fourth-order valence-electron chi connectivity index (χ4n) is 3.98. The number of carbonyl (C=O) groups excluding carboxylic acids is 1. The molecule has 8 nitrogen and oxygen atoms in total. The van der Waals surface area contributed by atoms with Gasteiger partial charge in [-0.2, -0.15) is 5.10 Å². The quantitative estimate of drug-likeness (QED) is 0.613. The van der Waals surface area contributed by atoms with Crippen LogP contribution in [-0.2, 0) is 19.5 Å². The molecule has 1 unspecified atom stereocenters. The maximum atomic E-state index is 12.7. The standard InChI is InChI=1S/C20H27N5O3.2ClH/c1-27-15-7-13(8-16(9-15)28-2)11-25-6-4-14(12-25)22-20(26)19-17-10-21-5-3-18(17)23-24-19;;/h7-9,14,21H,3-6,10-12H2,1-2H3,(H,22,26)(H,23,24);2*1H. The highest BCUT2D eigenvalue weighted by atomic mass is 35.5. The van der Waals surface area contributed by atoms with Gasteiger partial charge in [-0.1, -0.05) is 0 Å². The second-order valence-corrected chi connectivity index (χ2v) is 7.37. The van der Waals surface area contributed by atoms with E-state index in [2.05, 4.69) is 25.7 Å². The Labute approximate surface area is 188 Å². The monoisotopic (exact) mass is 457 g/mol. The van der Waals surface area contributed by atoms with E-state index in [1.54, 1.807) is 14.2 Å². The summed E-state index contributed by atoms with van der Waals surface area (Å²) >= 11 is 0. The molecule has 2 aliphatic heterocycles. The van der Waals surface area contributed by atoms with Gasteiger partial charge < -0.3 is 20.1 Å². The maximum Gasteiger partial charge on any atom is 0.272 e. The van der Waals surface area contributed by atoms with Crippen molar-refractivity contribution >= 4 is 30.7 Å². The first-order chi connectivity index (χ1) is 13.7. The van der Waals surface area contributed by atoms with Gasteiger partial charge in [-0.15, -0.1) is 24.8 Å². The molecule has 4 rings (SSSR count). The van der Waals surface area contributed by atoms with Gasteiger partial charge in [0.15, 0.2) is 5.69 Å². The molecule has 1 fully saturated rings. The zero-order chi connectivity index (χ0) is 19.5. The van der Waals surface area contributed by atoms with Crippen molar-refractivity contribution in [3.05, 3.63) is 40.7 Å². The smallest absolute Gasteiger partial charge is 0.272 e. The van der Waals surface area contributed by atoms with Crippen LogP contribution in [0.15, 0.2) is 18.2 Å². The Kier molecular flexibility index (Phi) is 8.78. The molecule has 166 valence electrons. The van der Waals surface area contributed by atoms with Crippen LogP contribution in [0.3, 0.4) is 0 Å². The number of halogens is 2. The highest BCUT2D eigenvalue weighted by molar-refractivity contribution is 5.94. The summed E-state index contributed by atoms with van der Waals surface area (Å²) in [4.78, 5) is 15.0. The lowest BCUT2D eigenvalue weighted by Gasteiger charge is -2.18. The minimum absolute atomic E-state index is 0. The van der Waals surface area contributed by atoms with Gasteiger partial charge in [0.05, 0.1) is 14.2 Å². The molecule has 10 heteroatoms. The largest absolute Gasteiger partial charge is 0.497 e. The van der Waals surface area contributed by atoms with Crippen molar-refractivity contribution < 1.29 is 14.3 Å². The fraction of sp³-hybridized carbons (Fsp3) is 0.500. The summed E-state index contributed by atoms with van der Waals surface area (Å²) in [6.07, 6.45) is 1.81. The van der Waals surface area contributed by atoms with E-state index in [-0.39, 0.29) is 36.8 Å². The molecule has 0 spiro atoms. The summed E-state index contributed by atoms with van der Waals surface area (Å²) in [5.74, 6) is 1.49. The van der Waals surface area contributed by atoms with Gasteiger partial charge >= 0.3 is 0 Å². The van der Waals surface area contributed by atoms with E-state index in [0.717, 1.165) is 67.3 Å². The van der Waals surface area contributed by atoms with Crippen molar-refractivity contribution in [2.75, 3.05) is 33.9 Å². The van der Waals surface area contributed by atoms with Crippen LogP contribution >= 0.6 is 24.8 Å². The first-order valence-electron chi connectivity index (χ1n) is 9.68. The average molecular weight is 458 g/mol. The number of ether oxygens (including phenoxy) is 2. The number of hydrogen-bond donors (Lipinski definition) is 3. The van der Waals surface area contributed by atoms with Crippen LogP contribution in [0.2, 0.25) is 0 Å². The molecule has 1 saturated heterocycles. The van der Waals surface area contributed by atoms with Crippen molar-refractivity contribution in [1.29, 1.82) is 0 Å². The number of rotatable bonds is 6. The van der Waals surface area contributed by atoms with E-state index >= 15 is 0 Å². The molecule has 0 radical (unpaired) electrons. The van der Waals surface area contributed by atoms with E-state index in [4.69, 9.17) is 9.47 Å². The van der Waals surface area contributed by atoms with Crippen LogP contribution in [0.25, 0.3) is 0 Å². The molecule has 3 heterocycles. The molecule has 0 saturated carbocycles. The first-order valence-corrected chi connectivity index (χ1v) is 9.68. The summed E-state index contributed by atoms with van der Waals surface area (Å²) in [6.45, 7) is 4.16. The highest BCUT2D eigenvalue weighted by Gasteiger charge is 2.27. The van der Waals surface area contributed by atoms with E-state index in [9.17, 15) is 4.79 Å². The summed E-state index contributed by atoms with van der Waals surface area (Å²) in [7, 11) is 3.31. The van der Waals surface area contributed by atoms with E-state index in [0.29, 0.717) is 12.2 Å². The summed E-state index contributed by atoms with van der Waals surface area (Å²) in [5, 5.41) is 13.7. The van der Waals surface area contributed by atoms with Gasteiger partial charge in [0.1, 0.15) is 11.5 Å². The molecule has 1 amide bonds. The predicted octanol–water partition coefficient (Wildman–Crippen LogP) is 1.92. The topological polar surface area (TPSA) is 91.5 Å². The molecule has 1 aromatic heterocycles. The zero-order valence-electron chi connectivity index (χ0n) is 17.2. The van der Waals surface area contributed by atoms with Gasteiger partial charge in [-0.05, 0) is 24.1 Å². The lowest BCUT2D eigenvalue weighted by Crippen LogP contribution is -2.38. The third-order valence-electron chi connectivity index (χ3n) is 5.45. The van der Waals surface area contributed by atoms with Crippen molar-refractivity contribution in [2.45, 2.75) is 32.0 Å². The molecule has 30 heavy (non-hydrogen) atoms. The van der Waals surface area contributed by atoms with Gasteiger partial charge in [0, 0.05) is 62.5 Å². The molecule has 1 aromatic carbocycles. The number of nitrogens with zero attached hydrogens (tertiary/aromatic N) is 2. The summed E-state index contributed by atoms with van der Waals surface area (Å²) in [6, 6.07) is 6.05. The minimum Gasteiger partial charge on any atom is -0.497 e. The van der Waals surface area contributed by atoms with Crippen LogP contribution in [-0.4, -0.2) is 60.9 Å². The van der Waals surface area contributed by atoms with Crippen LogP contribution in [0, 0.1) is 0 Å². The zero-order valence-corrected chi connectivity index (χ0v) is 18.8. The summed E-state index contributed by atoms with van der Waals surface area (Å²) < 4.78 is 10.7. The van der Waals surface area contributed by atoms with Gasteiger partial charge in [0.25, 0.3) is 5.91 Å². The lowest BCUT2D eigenvalue weighted by atomic mass is 10.1. The Hall–Kier alpha value is -2.00. The number of H-pyrrole nitrogens is 1. The first kappa shape index (κ1) is 24.3. The SMILES string of the molecule is COc1cc(CN2CCC(NC(=O)c3n[nH]c4c3CNCC4)C2)cc(OC)c1.Cl.Cl. The van der Waals surface area contributed by atoms with Gasteiger partial charge in [-0.3, -0.25) is 14.8 Å². The van der Waals surface area contributed by atoms with Crippen molar-refractivity contribution in [2.24, 2.45) is 0 Å². The highest BCUT2D eigenvalue weighted by Crippen LogP contribution is 2.24. The molecular weight excluding hydrogens is 429 g/mol. The normalized spacial score (nSPS) is 18.0. The number of methoxy groups -OCH3 is 2. The number of carbonyl (C=O) groups is 1. The Bertz CT molecular complexity index is 839. The van der Waals surface area contributed by atoms with Gasteiger partial charge in [0.2, 0.25) is 0 Å². The molecular formula is C20H29Cl2N5O3. The fourth-order valence-corrected chi connectivity index (χ4v) is 3.98. The number of hydrogen-bond acceptors (Lipinski definition) is 6. The molecule has 0 aliphatic carbocycles. The van der Waals surface area contributed by atoms with Crippen molar-refractivity contribution in [1.82, 2.24) is 25.7 Å². The number of benzene rings is 1. The average Bonchev–Trinajstić information content (AvgIpc) is 3.34. The number of nitrogens with one attached hydrogen (secondary N) is 3. The van der Waals surface area contributed by atoms with E-state index < -0.39 is 0 Å². The lowest BCUT2D eigenvalue weighted by molar-refractivity contribution is 0.0931. The van der Waals surface area contributed by atoms with Crippen molar-refractivity contribution in [3.8, 4) is 11.5 Å². The van der Waals surface area contributed by atoms with Crippen LogP contribution < -0.4 is 20.1 Å². The Morgan fingerprint density at radius 2 is 1.97 bits per heavy atom. The number of likely N-dealkylation sites (tertiary alicyclic amines) is 1. The maximum absolute atomic E-state index is 12.7. The Balaban J connectivity index is 0.00000160. The van der Waals surface area contributed by atoms with Crippen LogP contribution in [0.5, 0.6) is 11.5 Å². The van der Waals surface area contributed by atoms with E-state index in [1.807, 2.05) is 18.2 Å². The third-order valence-corrected chi connectivity index (χ3v) is 5.45. The van der Waals surface area contributed by atoms with Crippen molar-refractivity contribution in [3.63, 3.8) is 0 Å². The minimum atomic E-state index is -0.0869. The number of amides is 1. The Morgan fingerprint density at radius 3 is 2.67 bits per heavy atom. The molecule has 2 aromatic rings. The third kappa shape index (κ3) is 5.37. The predicted molar refractivity (Wildman–Crippen MR) is 119 cm³/mol. The molecule has 3 N–H and O–H groups in total. The van der Waals surface area contributed by atoms with Gasteiger partial charge in [-0.25, -0.2) is 0 Å². The van der Waals surface area contributed by atoms with E-state index in [1.165, 1.54) is 0 Å². The molecule has 0 bridgehead atoms. The van der Waals surface area contributed by atoms with Crippen LogP contribution in [0.1, 0.15) is 33.7 Å². The second kappa shape index (κ2) is 10.9. The number of aromatic amines is 1. The number of fused-ring (bicyclic) bond motifs is 1.